The van der Waals surface area contributed by atoms with Crippen molar-refractivity contribution < 1.29 is 66.9 Å². The summed E-state index contributed by atoms with van der Waals surface area (Å²) in [7, 11) is 0. The Morgan fingerprint density at radius 3 is 1.29 bits per heavy atom. The molecule has 0 aliphatic carbocycles. The van der Waals surface area contributed by atoms with Crippen molar-refractivity contribution in [1.29, 1.82) is 0 Å². The Morgan fingerprint density at radius 2 is 0.951 bits per heavy atom. The molecule has 0 N–H and O–H groups in total. The van der Waals surface area contributed by atoms with Crippen LogP contribution >= 0.6 is 0 Å². The van der Waals surface area contributed by atoms with Crippen LogP contribution < -0.4 is 0 Å². The Hall–Kier alpha value is -3.86. The number of hydroxylamine groups is 4. The first kappa shape index (κ1) is 33.3. The Bertz CT molecular complexity index is 860. The van der Waals surface area contributed by atoms with Gasteiger partial charge in [-0.05, 0) is 0 Å². The van der Waals surface area contributed by atoms with E-state index in [0.29, 0.717) is 10.1 Å². The summed E-state index contributed by atoms with van der Waals surface area (Å²) < 4.78 is 32.4. The molecule has 2 aliphatic rings. The molecule has 2 fully saturated rings. The van der Waals surface area contributed by atoms with Crippen molar-refractivity contribution in [2.75, 3.05) is 66.1 Å². The maximum absolute atomic E-state index is 11.8. The average Bonchev–Trinajstić information content (AvgIpc) is 3.44. The van der Waals surface area contributed by atoms with E-state index in [-0.39, 0.29) is 78.5 Å². The maximum Gasteiger partial charge on any atom is 0.358 e. The van der Waals surface area contributed by atoms with Crippen LogP contribution in [0.1, 0.15) is 25.7 Å². The molecule has 0 radical (unpaired) electrons. The van der Waals surface area contributed by atoms with Crippen LogP contribution in [0, 0.1) is 5.41 Å². The second kappa shape index (κ2) is 17.8. The molecule has 41 heavy (non-hydrogen) atoms. The summed E-state index contributed by atoms with van der Waals surface area (Å²) in [6.07, 6.45) is 2.46. The lowest BCUT2D eigenvalue weighted by Gasteiger charge is -2.32. The van der Waals surface area contributed by atoms with Gasteiger partial charge in [0.2, 0.25) is 0 Å². The summed E-state index contributed by atoms with van der Waals surface area (Å²) >= 11 is 0. The number of ether oxygens (including phenoxy) is 6. The molecule has 0 spiro atoms. The summed E-state index contributed by atoms with van der Waals surface area (Å²) in [5.41, 5.74) is -0.826. The molecular weight excluding hydrogens is 552 g/mol. The minimum Gasteiger partial charge on any atom is -0.501 e. The fourth-order valence-electron chi connectivity index (χ4n) is 3.42. The molecule has 2 aliphatic heterocycles. The summed E-state index contributed by atoms with van der Waals surface area (Å²) in [5, 5.41) is 0.872. The van der Waals surface area contributed by atoms with Crippen LogP contribution in [-0.4, -0.2) is 112 Å². The topological polar surface area (TPSA) is 183 Å². The van der Waals surface area contributed by atoms with E-state index in [9.17, 15) is 28.8 Å². The van der Waals surface area contributed by atoms with Crippen LogP contribution in [0.2, 0.25) is 0 Å². The van der Waals surface area contributed by atoms with Gasteiger partial charge in [-0.15, -0.1) is 10.1 Å². The van der Waals surface area contributed by atoms with E-state index < -0.39 is 54.2 Å². The predicted molar refractivity (Wildman–Crippen MR) is 132 cm³/mol. The number of carbonyl (C=O) groups is 6. The quantitative estimate of drug-likeness (QED) is 0.0905. The lowest BCUT2D eigenvalue weighted by Crippen LogP contribution is -2.41. The normalized spacial score (nSPS) is 15.3. The molecule has 2 saturated heterocycles. The Kier molecular flexibility index (Phi) is 14.4. The van der Waals surface area contributed by atoms with E-state index in [1.165, 1.54) is 12.5 Å². The van der Waals surface area contributed by atoms with Gasteiger partial charge in [0.05, 0.1) is 57.6 Å². The first-order valence-electron chi connectivity index (χ1n) is 12.6. The molecule has 0 unspecified atom stereocenters. The van der Waals surface area contributed by atoms with Gasteiger partial charge in [-0.25, -0.2) is 9.59 Å². The first-order valence-corrected chi connectivity index (χ1v) is 12.6. The highest BCUT2D eigenvalue weighted by Crippen LogP contribution is 2.21. The zero-order valence-electron chi connectivity index (χ0n) is 22.6. The van der Waals surface area contributed by atoms with Crippen molar-refractivity contribution in [2.45, 2.75) is 25.7 Å². The number of hydrogen-bond donors (Lipinski definition) is 0. The molecule has 16 nitrogen and oxygen atoms in total. The van der Waals surface area contributed by atoms with Crippen molar-refractivity contribution in [3.05, 3.63) is 25.7 Å². The molecule has 228 valence electrons. The smallest absolute Gasteiger partial charge is 0.358 e. The minimum absolute atomic E-state index is 0.00285. The molecule has 2 rings (SSSR count). The Morgan fingerprint density at radius 1 is 0.610 bits per heavy atom. The third-order valence-corrected chi connectivity index (χ3v) is 5.41. The number of carbonyl (C=O) groups excluding carboxylic acids is 6. The molecule has 4 amide bonds. The first-order chi connectivity index (χ1) is 19.7. The molecule has 0 atom stereocenters. The Labute approximate surface area is 235 Å². The third-order valence-electron chi connectivity index (χ3n) is 5.41. The van der Waals surface area contributed by atoms with Crippen LogP contribution in [0.5, 0.6) is 0 Å². The fraction of sp³-hybridized carbons (Fsp3) is 0.600. The van der Waals surface area contributed by atoms with E-state index in [4.69, 9.17) is 38.1 Å². The molecule has 0 aromatic carbocycles. The third kappa shape index (κ3) is 11.6. The summed E-state index contributed by atoms with van der Waals surface area (Å²) in [4.78, 5) is 78.9. The van der Waals surface area contributed by atoms with Gasteiger partial charge < -0.3 is 38.1 Å². The minimum atomic E-state index is -0.899. The van der Waals surface area contributed by atoms with E-state index >= 15 is 0 Å². The largest absolute Gasteiger partial charge is 0.501 e. The molecule has 16 heteroatoms. The van der Waals surface area contributed by atoms with Crippen LogP contribution in [0.3, 0.4) is 0 Å². The van der Waals surface area contributed by atoms with Gasteiger partial charge in [0.15, 0.2) is 0 Å². The SMILES string of the molecule is C=COCC(COC=C)(COCCOCC(=O)ON1C(=O)CCC1=O)COCCOCC(=O)ON1C(=O)CCC1=O. The lowest BCUT2D eigenvalue weighted by atomic mass is 9.92. The highest BCUT2D eigenvalue weighted by atomic mass is 16.7. The summed E-state index contributed by atoms with van der Waals surface area (Å²) in [5.74, 6) is -4.15. The Balaban J connectivity index is 1.69. The fourth-order valence-corrected chi connectivity index (χ4v) is 3.42. The molecular formula is C25H34N2O14. The van der Waals surface area contributed by atoms with Crippen molar-refractivity contribution in [1.82, 2.24) is 10.1 Å². The lowest BCUT2D eigenvalue weighted by molar-refractivity contribution is -0.200. The highest BCUT2D eigenvalue weighted by Gasteiger charge is 2.35. The van der Waals surface area contributed by atoms with Gasteiger partial charge >= 0.3 is 11.9 Å². The van der Waals surface area contributed by atoms with Crippen molar-refractivity contribution >= 4 is 35.6 Å². The summed E-state index contributed by atoms with van der Waals surface area (Å²) in [6, 6.07) is 0. The van der Waals surface area contributed by atoms with E-state index in [1.54, 1.807) is 0 Å². The second-order valence-electron chi connectivity index (χ2n) is 8.76. The van der Waals surface area contributed by atoms with Gasteiger partial charge in [-0.2, -0.15) is 0 Å². The summed E-state index contributed by atoms with van der Waals surface area (Å²) in [6.45, 7) is 6.53. The van der Waals surface area contributed by atoms with Gasteiger partial charge in [0, 0.05) is 25.7 Å². The van der Waals surface area contributed by atoms with Crippen molar-refractivity contribution in [3.63, 3.8) is 0 Å². The van der Waals surface area contributed by atoms with Gasteiger partial charge in [-0.1, -0.05) is 13.2 Å². The van der Waals surface area contributed by atoms with Gasteiger partial charge in [0.25, 0.3) is 23.6 Å². The van der Waals surface area contributed by atoms with Crippen LogP contribution in [0.15, 0.2) is 25.7 Å². The molecule has 0 saturated carbocycles. The second-order valence-corrected chi connectivity index (χ2v) is 8.76. The molecule has 0 aromatic rings. The van der Waals surface area contributed by atoms with Crippen LogP contribution in [0.25, 0.3) is 0 Å². The number of hydrogen-bond acceptors (Lipinski definition) is 14. The molecule has 2 heterocycles. The molecule has 0 aromatic heterocycles. The maximum atomic E-state index is 11.8. The zero-order valence-corrected chi connectivity index (χ0v) is 22.6. The number of amides is 4. The average molecular weight is 587 g/mol. The number of imide groups is 2. The van der Waals surface area contributed by atoms with E-state index in [0.717, 1.165) is 0 Å². The standard InChI is InChI=1S/C25H34N2O14/c1-3-34-15-25(16-35-4-2,17-38-11-9-36-13-23(32)40-26-19(28)5-6-20(26)29)18-39-12-10-37-14-24(33)41-27-21(30)7-8-22(27)31/h3-4H,1-2,5-18H2. The highest BCUT2D eigenvalue weighted by molar-refractivity contribution is 6.02. The zero-order chi connectivity index (χ0) is 30.1. The van der Waals surface area contributed by atoms with Crippen molar-refractivity contribution in [2.24, 2.45) is 5.41 Å². The van der Waals surface area contributed by atoms with Crippen LogP contribution in [0.4, 0.5) is 0 Å². The van der Waals surface area contributed by atoms with E-state index in [1.807, 2.05) is 0 Å². The van der Waals surface area contributed by atoms with Crippen molar-refractivity contribution in [3.8, 4) is 0 Å². The number of rotatable bonds is 22. The predicted octanol–water partition coefficient (Wildman–Crippen LogP) is -0.426. The van der Waals surface area contributed by atoms with Gasteiger partial charge in [0.1, 0.15) is 26.4 Å². The van der Waals surface area contributed by atoms with Gasteiger partial charge in [-0.3, -0.25) is 19.2 Å². The number of nitrogens with zero attached hydrogens (tertiary/aromatic N) is 2. The molecule has 0 bridgehead atoms. The van der Waals surface area contributed by atoms with E-state index in [2.05, 4.69) is 13.2 Å². The monoisotopic (exact) mass is 586 g/mol. The van der Waals surface area contributed by atoms with Crippen LogP contribution in [-0.2, 0) is 66.9 Å².